The molecule has 0 aliphatic heterocycles. The van der Waals surface area contributed by atoms with Crippen LogP contribution in [0.3, 0.4) is 0 Å². The van der Waals surface area contributed by atoms with Crippen molar-refractivity contribution in [3.05, 3.63) is 46.2 Å². The Morgan fingerprint density at radius 3 is 2.53 bits per heavy atom. The first kappa shape index (κ1) is 11.8. The summed E-state index contributed by atoms with van der Waals surface area (Å²) in [5.74, 6) is -0.0649. The van der Waals surface area contributed by atoms with E-state index in [0.717, 1.165) is 11.3 Å². The van der Waals surface area contributed by atoms with Crippen molar-refractivity contribution >= 4 is 17.4 Å². The van der Waals surface area contributed by atoms with Crippen LogP contribution in [0.4, 0.5) is 0 Å². The van der Waals surface area contributed by atoms with Gasteiger partial charge in [0, 0.05) is 11.9 Å². The largest absolute Gasteiger partial charge is 0.293 e. The van der Waals surface area contributed by atoms with Gasteiger partial charge < -0.3 is 0 Å². The molecule has 0 spiro atoms. The van der Waals surface area contributed by atoms with E-state index >= 15 is 0 Å². The van der Waals surface area contributed by atoms with E-state index in [-0.39, 0.29) is 5.78 Å². The van der Waals surface area contributed by atoms with E-state index in [1.54, 1.807) is 4.68 Å². The van der Waals surface area contributed by atoms with Crippen LogP contribution in [0.15, 0.2) is 24.3 Å². The van der Waals surface area contributed by atoms with Crippen LogP contribution in [0.5, 0.6) is 0 Å². The van der Waals surface area contributed by atoms with Gasteiger partial charge in [0.25, 0.3) is 0 Å². The summed E-state index contributed by atoms with van der Waals surface area (Å²) in [4.78, 5) is 11.2. The van der Waals surface area contributed by atoms with Gasteiger partial charge >= 0.3 is 0 Å². The SMILES string of the molecule is CC(=O)c1nnn(Cc2ccc(Cl)cc2)c1C. The maximum atomic E-state index is 11.2. The number of Topliss-reactive ketones (excluding diaryl/α,β-unsaturated/α-hetero) is 1. The normalized spacial score (nSPS) is 10.5. The highest BCUT2D eigenvalue weighted by Gasteiger charge is 2.12. The van der Waals surface area contributed by atoms with Crippen LogP contribution in [-0.4, -0.2) is 20.8 Å². The average Bonchev–Trinajstić information content (AvgIpc) is 2.64. The Morgan fingerprint density at radius 1 is 1.35 bits per heavy atom. The van der Waals surface area contributed by atoms with Crippen LogP contribution in [0.25, 0.3) is 0 Å². The van der Waals surface area contributed by atoms with Crippen molar-refractivity contribution in [1.29, 1.82) is 0 Å². The van der Waals surface area contributed by atoms with Crippen LogP contribution in [-0.2, 0) is 6.54 Å². The number of hydrogen-bond donors (Lipinski definition) is 0. The predicted octanol–water partition coefficient (Wildman–Crippen LogP) is 2.49. The molecule has 1 heterocycles. The second kappa shape index (κ2) is 4.67. The highest BCUT2D eigenvalue weighted by atomic mass is 35.5. The van der Waals surface area contributed by atoms with E-state index in [9.17, 15) is 4.79 Å². The number of carbonyl (C=O) groups excluding carboxylic acids is 1. The van der Waals surface area contributed by atoms with E-state index < -0.39 is 0 Å². The van der Waals surface area contributed by atoms with Crippen molar-refractivity contribution < 1.29 is 4.79 Å². The molecule has 1 aromatic carbocycles. The number of halogens is 1. The summed E-state index contributed by atoms with van der Waals surface area (Å²) in [5, 5.41) is 8.54. The maximum Gasteiger partial charge on any atom is 0.181 e. The minimum atomic E-state index is -0.0649. The van der Waals surface area contributed by atoms with Gasteiger partial charge in [-0.3, -0.25) is 4.79 Å². The zero-order chi connectivity index (χ0) is 12.4. The highest BCUT2D eigenvalue weighted by Crippen LogP contribution is 2.12. The van der Waals surface area contributed by atoms with Crippen molar-refractivity contribution in [2.75, 3.05) is 0 Å². The van der Waals surface area contributed by atoms with Gasteiger partial charge in [-0.2, -0.15) is 0 Å². The molecular formula is C12H12ClN3O. The summed E-state index contributed by atoms with van der Waals surface area (Å²) in [7, 11) is 0. The standard InChI is InChI=1S/C12H12ClN3O/c1-8-12(9(2)17)14-15-16(8)7-10-3-5-11(13)6-4-10/h3-6H,7H2,1-2H3. The van der Waals surface area contributed by atoms with E-state index in [1.807, 2.05) is 31.2 Å². The number of benzene rings is 1. The second-order valence-electron chi connectivity index (χ2n) is 3.86. The molecular weight excluding hydrogens is 238 g/mol. The molecule has 0 aliphatic rings. The van der Waals surface area contributed by atoms with E-state index in [4.69, 9.17) is 11.6 Å². The third kappa shape index (κ3) is 2.53. The van der Waals surface area contributed by atoms with Gasteiger partial charge in [0.15, 0.2) is 11.5 Å². The van der Waals surface area contributed by atoms with Gasteiger partial charge in [0.2, 0.25) is 0 Å². The lowest BCUT2D eigenvalue weighted by Crippen LogP contribution is -2.05. The van der Waals surface area contributed by atoms with E-state index in [0.29, 0.717) is 17.3 Å². The fourth-order valence-corrected chi connectivity index (χ4v) is 1.72. The fourth-order valence-electron chi connectivity index (χ4n) is 1.60. The van der Waals surface area contributed by atoms with Crippen molar-refractivity contribution in [3.63, 3.8) is 0 Å². The van der Waals surface area contributed by atoms with Crippen molar-refractivity contribution in [2.45, 2.75) is 20.4 Å². The molecule has 4 nitrogen and oxygen atoms in total. The molecule has 0 aliphatic carbocycles. The summed E-state index contributed by atoms with van der Waals surface area (Å²) in [5.41, 5.74) is 2.28. The van der Waals surface area contributed by atoms with Gasteiger partial charge in [-0.1, -0.05) is 28.9 Å². The van der Waals surface area contributed by atoms with Gasteiger partial charge in [0.05, 0.1) is 12.2 Å². The molecule has 0 saturated carbocycles. The van der Waals surface area contributed by atoms with Gasteiger partial charge in [0.1, 0.15) is 0 Å². The quantitative estimate of drug-likeness (QED) is 0.786. The summed E-state index contributed by atoms with van der Waals surface area (Å²) in [6, 6.07) is 7.51. The molecule has 0 radical (unpaired) electrons. The zero-order valence-electron chi connectivity index (χ0n) is 9.64. The molecule has 1 aromatic heterocycles. The Balaban J connectivity index is 2.24. The third-order valence-electron chi connectivity index (χ3n) is 2.56. The fraction of sp³-hybridized carbons (Fsp3) is 0.250. The number of rotatable bonds is 3. The summed E-state index contributed by atoms with van der Waals surface area (Å²) in [6.07, 6.45) is 0. The molecule has 88 valence electrons. The first-order valence-electron chi connectivity index (χ1n) is 5.23. The molecule has 0 unspecified atom stereocenters. The lowest BCUT2D eigenvalue weighted by atomic mass is 10.2. The Bertz CT molecular complexity index is 545. The Morgan fingerprint density at radius 2 is 2.00 bits per heavy atom. The highest BCUT2D eigenvalue weighted by molar-refractivity contribution is 6.30. The maximum absolute atomic E-state index is 11.2. The minimum absolute atomic E-state index is 0.0649. The van der Waals surface area contributed by atoms with E-state index in [1.165, 1.54) is 6.92 Å². The second-order valence-corrected chi connectivity index (χ2v) is 4.30. The van der Waals surface area contributed by atoms with Crippen molar-refractivity contribution in [2.24, 2.45) is 0 Å². The molecule has 2 aromatic rings. The van der Waals surface area contributed by atoms with Gasteiger partial charge in [-0.15, -0.1) is 5.10 Å². The molecule has 0 atom stereocenters. The van der Waals surface area contributed by atoms with Crippen LogP contribution in [0.2, 0.25) is 5.02 Å². The van der Waals surface area contributed by atoms with Gasteiger partial charge in [-0.05, 0) is 24.6 Å². The summed E-state index contributed by atoms with van der Waals surface area (Å²) >= 11 is 5.81. The topological polar surface area (TPSA) is 47.8 Å². The molecule has 0 fully saturated rings. The van der Waals surface area contributed by atoms with Crippen LogP contribution >= 0.6 is 11.6 Å². The predicted molar refractivity (Wildman–Crippen MR) is 65.3 cm³/mol. The van der Waals surface area contributed by atoms with Crippen LogP contribution in [0.1, 0.15) is 28.7 Å². The number of carbonyl (C=O) groups is 1. The molecule has 0 saturated heterocycles. The van der Waals surface area contributed by atoms with Crippen LogP contribution < -0.4 is 0 Å². The number of ketones is 1. The monoisotopic (exact) mass is 249 g/mol. The Labute approximate surface area is 104 Å². The number of nitrogens with zero attached hydrogens (tertiary/aromatic N) is 3. The third-order valence-corrected chi connectivity index (χ3v) is 2.81. The lowest BCUT2D eigenvalue weighted by molar-refractivity contribution is 0.101. The lowest BCUT2D eigenvalue weighted by Gasteiger charge is -2.03. The van der Waals surface area contributed by atoms with Gasteiger partial charge in [-0.25, -0.2) is 4.68 Å². The Hall–Kier alpha value is -1.68. The van der Waals surface area contributed by atoms with E-state index in [2.05, 4.69) is 10.3 Å². The zero-order valence-corrected chi connectivity index (χ0v) is 10.4. The Kier molecular flexibility index (Phi) is 3.24. The molecule has 2 rings (SSSR count). The summed E-state index contributed by atoms with van der Waals surface area (Å²) < 4.78 is 1.71. The number of hydrogen-bond acceptors (Lipinski definition) is 3. The smallest absolute Gasteiger partial charge is 0.181 e. The summed E-state index contributed by atoms with van der Waals surface area (Å²) in [6.45, 7) is 3.92. The molecule has 0 bridgehead atoms. The minimum Gasteiger partial charge on any atom is -0.293 e. The molecule has 5 heteroatoms. The van der Waals surface area contributed by atoms with Crippen LogP contribution in [0, 0.1) is 6.92 Å². The average molecular weight is 250 g/mol. The molecule has 0 N–H and O–H groups in total. The first-order valence-corrected chi connectivity index (χ1v) is 5.61. The van der Waals surface area contributed by atoms with Crippen molar-refractivity contribution in [1.82, 2.24) is 15.0 Å². The van der Waals surface area contributed by atoms with Crippen molar-refractivity contribution in [3.8, 4) is 0 Å². The molecule has 17 heavy (non-hydrogen) atoms. The number of aromatic nitrogens is 3. The first-order chi connectivity index (χ1) is 8.08. The molecule has 0 amide bonds.